The van der Waals surface area contributed by atoms with Crippen LogP contribution in [-0.4, -0.2) is 44.5 Å². The van der Waals surface area contributed by atoms with E-state index in [1.807, 2.05) is 42.6 Å². The number of imide groups is 1. The van der Waals surface area contributed by atoms with Crippen molar-refractivity contribution in [1.82, 2.24) is 19.8 Å². The van der Waals surface area contributed by atoms with Gasteiger partial charge in [0.1, 0.15) is 0 Å². The number of carbonyl (C=O) groups excluding carboxylic acids is 3. The van der Waals surface area contributed by atoms with Crippen LogP contribution in [0.15, 0.2) is 60.2 Å². The second kappa shape index (κ2) is 9.00. The molecule has 1 atom stereocenters. The van der Waals surface area contributed by atoms with Gasteiger partial charge in [0.2, 0.25) is 17.7 Å². The molecule has 1 aliphatic heterocycles. The van der Waals surface area contributed by atoms with Gasteiger partial charge in [-0.2, -0.15) is 0 Å². The van der Waals surface area contributed by atoms with E-state index >= 15 is 0 Å². The van der Waals surface area contributed by atoms with Gasteiger partial charge in [-0.05, 0) is 30.2 Å². The van der Waals surface area contributed by atoms with E-state index < -0.39 is 5.41 Å². The smallest absolute Gasteiger partial charge is 0.241 e. The maximum atomic E-state index is 13.7. The Kier molecular flexibility index (Phi) is 6.14. The monoisotopic (exact) mass is 448 g/mol. The van der Waals surface area contributed by atoms with E-state index in [1.54, 1.807) is 36.5 Å². The maximum Gasteiger partial charge on any atom is 0.241 e. The number of hydrogen-bond acceptors (Lipinski definition) is 6. The Bertz CT molecular complexity index is 1130. The molecule has 32 heavy (non-hydrogen) atoms. The van der Waals surface area contributed by atoms with Gasteiger partial charge in [-0.25, -0.2) is 4.98 Å². The fourth-order valence-electron chi connectivity index (χ4n) is 4.06. The highest BCUT2D eigenvalue weighted by Crippen LogP contribution is 2.40. The molecule has 3 aromatic rings. The molecule has 4 rings (SSSR count). The molecule has 1 aromatic carbocycles. The van der Waals surface area contributed by atoms with Crippen LogP contribution in [0.3, 0.4) is 0 Å². The lowest BCUT2D eigenvalue weighted by molar-refractivity contribution is -0.143. The van der Waals surface area contributed by atoms with Gasteiger partial charge in [0.25, 0.3) is 0 Å². The summed E-state index contributed by atoms with van der Waals surface area (Å²) >= 11 is 1.53. The molecule has 8 heteroatoms. The van der Waals surface area contributed by atoms with Crippen molar-refractivity contribution in [2.24, 2.45) is 0 Å². The zero-order chi connectivity index (χ0) is 22.7. The molecule has 7 nitrogen and oxygen atoms in total. The third-order valence-electron chi connectivity index (χ3n) is 5.77. The van der Waals surface area contributed by atoms with Crippen molar-refractivity contribution >= 4 is 29.1 Å². The van der Waals surface area contributed by atoms with Crippen molar-refractivity contribution in [1.29, 1.82) is 0 Å². The minimum absolute atomic E-state index is 0.0314. The second-order valence-electron chi connectivity index (χ2n) is 8.05. The van der Waals surface area contributed by atoms with Crippen molar-refractivity contribution in [3.63, 3.8) is 0 Å². The molecule has 0 saturated carbocycles. The van der Waals surface area contributed by atoms with Crippen molar-refractivity contribution in [2.75, 3.05) is 7.05 Å². The zero-order valence-corrected chi connectivity index (χ0v) is 18.8. The van der Waals surface area contributed by atoms with Crippen LogP contribution in [-0.2, 0) is 32.9 Å². The standard InChI is InChI=1S/C24H24N4O3S/c1-17-26-20(16-32-17)15-27(2)21(29)12-24(19-6-4-3-5-7-19)13-22(30)28(23(24)31)14-18-8-10-25-11-9-18/h3-11,16H,12-15H2,1-2H3. The fraction of sp³-hybridized carbons (Fsp3) is 0.292. The topological polar surface area (TPSA) is 83.5 Å². The van der Waals surface area contributed by atoms with E-state index in [2.05, 4.69) is 9.97 Å². The van der Waals surface area contributed by atoms with E-state index in [0.717, 1.165) is 16.3 Å². The van der Waals surface area contributed by atoms with E-state index in [1.165, 1.54) is 16.2 Å². The molecule has 1 unspecified atom stereocenters. The number of aryl methyl sites for hydroxylation is 1. The number of hydrogen-bond donors (Lipinski definition) is 0. The predicted octanol–water partition coefficient (Wildman–Crippen LogP) is 3.09. The third kappa shape index (κ3) is 4.31. The summed E-state index contributed by atoms with van der Waals surface area (Å²) in [7, 11) is 1.70. The first-order valence-corrected chi connectivity index (χ1v) is 11.2. The molecule has 1 fully saturated rings. The summed E-state index contributed by atoms with van der Waals surface area (Å²) < 4.78 is 0. The van der Waals surface area contributed by atoms with Crippen LogP contribution < -0.4 is 0 Å². The van der Waals surface area contributed by atoms with Crippen molar-refractivity contribution < 1.29 is 14.4 Å². The Morgan fingerprint density at radius 2 is 1.88 bits per heavy atom. The van der Waals surface area contributed by atoms with Gasteiger partial charge in [-0.15, -0.1) is 11.3 Å². The molecule has 1 aliphatic rings. The van der Waals surface area contributed by atoms with E-state index in [4.69, 9.17) is 0 Å². The minimum Gasteiger partial charge on any atom is -0.340 e. The molecule has 1 saturated heterocycles. The highest BCUT2D eigenvalue weighted by Gasteiger charge is 2.53. The lowest BCUT2D eigenvalue weighted by Gasteiger charge is -2.29. The molecule has 2 aromatic heterocycles. The summed E-state index contributed by atoms with van der Waals surface area (Å²) in [5.41, 5.74) is 1.09. The van der Waals surface area contributed by atoms with Crippen molar-refractivity contribution in [3.8, 4) is 0 Å². The van der Waals surface area contributed by atoms with Crippen LogP contribution in [0.5, 0.6) is 0 Å². The molecule has 0 spiro atoms. The van der Waals surface area contributed by atoms with Crippen molar-refractivity contribution in [2.45, 2.75) is 38.3 Å². The van der Waals surface area contributed by atoms with Crippen LogP contribution in [0.25, 0.3) is 0 Å². The number of benzene rings is 1. The molecule has 3 heterocycles. The number of pyridine rings is 1. The lowest BCUT2D eigenvalue weighted by atomic mass is 9.75. The number of nitrogens with zero attached hydrogens (tertiary/aromatic N) is 4. The first-order valence-electron chi connectivity index (χ1n) is 10.3. The quantitative estimate of drug-likeness (QED) is 0.519. The van der Waals surface area contributed by atoms with Gasteiger partial charge in [0.05, 0.1) is 29.2 Å². The molecule has 0 aliphatic carbocycles. The number of carbonyl (C=O) groups is 3. The van der Waals surface area contributed by atoms with Gasteiger partial charge >= 0.3 is 0 Å². The number of likely N-dealkylation sites (tertiary alicyclic amines) is 1. The van der Waals surface area contributed by atoms with Gasteiger partial charge in [0.15, 0.2) is 0 Å². The fourth-order valence-corrected chi connectivity index (χ4v) is 4.66. The summed E-state index contributed by atoms with van der Waals surface area (Å²) in [5, 5.41) is 2.86. The zero-order valence-electron chi connectivity index (χ0n) is 18.0. The van der Waals surface area contributed by atoms with Crippen LogP contribution in [0, 0.1) is 6.92 Å². The molecular weight excluding hydrogens is 424 g/mol. The summed E-state index contributed by atoms with van der Waals surface area (Å²) in [5.74, 6) is -0.815. The Labute approximate surface area is 190 Å². The predicted molar refractivity (Wildman–Crippen MR) is 120 cm³/mol. The van der Waals surface area contributed by atoms with E-state index in [9.17, 15) is 14.4 Å². The third-order valence-corrected chi connectivity index (χ3v) is 6.59. The Balaban J connectivity index is 1.61. The molecule has 3 amide bonds. The molecular formula is C24H24N4O3S. The molecule has 164 valence electrons. The largest absolute Gasteiger partial charge is 0.340 e. The second-order valence-corrected chi connectivity index (χ2v) is 9.11. The molecule has 0 bridgehead atoms. The Morgan fingerprint density at radius 1 is 1.16 bits per heavy atom. The summed E-state index contributed by atoms with van der Waals surface area (Å²) in [4.78, 5) is 51.1. The highest BCUT2D eigenvalue weighted by atomic mass is 32.1. The number of thiazole rings is 1. The van der Waals surface area contributed by atoms with Gasteiger partial charge in [-0.3, -0.25) is 24.3 Å². The lowest BCUT2D eigenvalue weighted by Crippen LogP contribution is -2.42. The normalized spacial score (nSPS) is 18.2. The summed E-state index contributed by atoms with van der Waals surface area (Å²) in [6, 6.07) is 12.7. The Morgan fingerprint density at radius 3 is 2.53 bits per heavy atom. The average molecular weight is 449 g/mol. The first-order chi connectivity index (χ1) is 15.4. The maximum absolute atomic E-state index is 13.7. The van der Waals surface area contributed by atoms with Crippen LogP contribution in [0.2, 0.25) is 0 Å². The van der Waals surface area contributed by atoms with E-state index in [-0.39, 0.29) is 37.1 Å². The molecule has 0 N–H and O–H groups in total. The Hall–Kier alpha value is -3.39. The number of amides is 3. The number of rotatable bonds is 7. The minimum atomic E-state index is -1.21. The van der Waals surface area contributed by atoms with Gasteiger partial charge < -0.3 is 4.90 Å². The highest BCUT2D eigenvalue weighted by molar-refractivity contribution is 7.09. The number of aromatic nitrogens is 2. The summed E-state index contributed by atoms with van der Waals surface area (Å²) in [6.45, 7) is 2.44. The van der Waals surface area contributed by atoms with Crippen LogP contribution in [0.1, 0.15) is 34.7 Å². The van der Waals surface area contributed by atoms with E-state index in [0.29, 0.717) is 12.1 Å². The summed E-state index contributed by atoms with van der Waals surface area (Å²) in [6.07, 6.45) is 3.15. The van der Waals surface area contributed by atoms with Gasteiger partial charge in [0, 0.05) is 37.7 Å². The van der Waals surface area contributed by atoms with Crippen molar-refractivity contribution in [3.05, 3.63) is 82.1 Å². The van der Waals surface area contributed by atoms with Gasteiger partial charge in [-0.1, -0.05) is 30.3 Å². The SMILES string of the molecule is Cc1nc(CN(C)C(=O)CC2(c3ccccc3)CC(=O)N(Cc3ccncc3)C2=O)cs1. The average Bonchev–Trinajstić information content (AvgIpc) is 3.31. The van der Waals surface area contributed by atoms with Crippen LogP contribution >= 0.6 is 11.3 Å². The molecule has 0 radical (unpaired) electrons. The van der Waals surface area contributed by atoms with Crippen LogP contribution in [0.4, 0.5) is 0 Å². The first kappa shape index (κ1) is 21.8.